The standard InChI is InChI=1S/C26H42N4O3Si/c1-25(2,3)32-24(31)29-16-15-21(23(19-29)33-34(7,8)26(4,5)6)22-18-27-28-30(22)17-14-20-12-10-9-11-13-20/h9-13,18,21,23H,14-17,19H2,1-8H3/t21-,23+/m0/s1. The van der Waals surface area contributed by atoms with Crippen LogP contribution in [0.25, 0.3) is 0 Å². The van der Waals surface area contributed by atoms with E-state index in [1.807, 2.05) is 37.7 Å². The number of hydrogen-bond donors (Lipinski definition) is 0. The quantitative estimate of drug-likeness (QED) is 0.495. The molecule has 2 aromatic rings. The van der Waals surface area contributed by atoms with Gasteiger partial charge in [0.1, 0.15) is 5.60 Å². The number of likely N-dealkylation sites (tertiary alicyclic amines) is 1. The molecule has 1 aromatic carbocycles. The smallest absolute Gasteiger partial charge is 0.410 e. The molecule has 1 aliphatic rings. The lowest BCUT2D eigenvalue weighted by atomic mass is 9.91. The number of aromatic nitrogens is 3. The molecule has 0 saturated carbocycles. The van der Waals surface area contributed by atoms with Crippen molar-refractivity contribution in [2.75, 3.05) is 13.1 Å². The third kappa shape index (κ3) is 6.69. The Hall–Kier alpha value is -2.19. The summed E-state index contributed by atoms with van der Waals surface area (Å²) in [4.78, 5) is 14.7. The van der Waals surface area contributed by atoms with Crippen molar-refractivity contribution in [1.82, 2.24) is 19.9 Å². The third-order valence-electron chi connectivity index (χ3n) is 6.95. The predicted octanol–water partition coefficient (Wildman–Crippen LogP) is 5.64. The molecule has 0 spiro atoms. The zero-order chi connectivity index (χ0) is 25.1. The molecule has 1 amide bonds. The van der Waals surface area contributed by atoms with E-state index in [-0.39, 0.29) is 23.2 Å². The number of piperidine rings is 1. The average Bonchev–Trinajstić information content (AvgIpc) is 3.19. The minimum absolute atomic E-state index is 0.0670. The van der Waals surface area contributed by atoms with Gasteiger partial charge in [-0.2, -0.15) is 0 Å². The molecular weight excluding hydrogens is 444 g/mol. The van der Waals surface area contributed by atoms with Gasteiger partial charge in [0, 0.05) is 25.6 Å². The average molecular weight is 487 g/mol. The van der Waals surface area contributed by atoms with Crippen LogP contribution in [0.3, 0.4) is 0 Å². The second kappa shape index (κ2) is 10.2. The third-order valence-corrected chi connectivity index (χ3v) is 11.5. The fraction of sp³-hybridized carbons (Fsp3) is 0.654. The Labute approximate surface area is 205 Å². The van der Waals surface area contributed by atoms with Crippen LogP contribution < -0.4 is 0 Å². The van der Waals surface area contributed by atoms with Gasteiger partial charge in [-0.1, -0.05) is 56.3 Å². The summed E-state index contributed by atoms with van der Waals surface area (Å²) in [6.07, 6.45) is 3.15. The topological polar surface area (TPSA) is 69.5 Å². The van der Waals surface area contributed by atoms with Crippen LogP contribution in [0.15, 0.2) is 36.5 Å². The fourth-order valence-electron chi connectivity index (χ4n) is 4.03. The van der Waals surface area contributed by atoms with Crippen LogP contribution in [-0.2, 0) is 22.1 Å². The van der Waals surface area contributed by atoms with E-state index in [0.29, 0.717) is 13.1 Å². The van der Waals surface area contributed by atoms with Gasteiger partial charge in [0.2, 0.25) is 0 Å². The molecule has 2 atom stereocenters. The van der Waals surface area contributed by atoms with Gasteiger partial charge in [-0.15, -0.1) is 5.10 Å². The first-order valence-electron chi connectivity index (χ1n) is 12.3. The zero-order valence-electron chi connectivity index (χ0n) is 22.2. The summed E-state index contributed by atoms with van der Waals surface area (Å²) in [5.41, 5.74) is 1.84. The molecular formula is C26H42N4O3Si. The summed E-state index contributed by atoms with van der Waals surface area (Å²) < 4.78 is 14.6. The molecule has 188 valence electrons. The van der Waals surface area contributed by atoms with Gasteiger partial charge < -0.3 is 14.1 Å². The highest BCUT2D eigenvalue weighted by molar-refractivity contribution is 6.74. The fourth-order valence-corrected chi connectivity index (χ4v) is 5.38. The first-order chi connectivity index (χ1) is 15.8. The SMILES string of the molecule is CC(C)(C)OC(=O)N1CC[C@@H](c2cnnn2CCc2ccccc2)[C@H](O[Si](C)(C)C(C)(C)C)C1. The van der Waals surface area contributed by atoms with Crippen LogP contribution in [0.4, 0.5) is 4.79 Å². The second-order valence-corrected chi connectivity index (χ2v) is 16.6. The van der Waals surface area contributed by atoms with Crippen LogP contribution in [0.2, 0.25) is 18.1 Å². The molecule has 0 bridgehead atoms. The lowest BCUT2D eigenvalue weighted by molar-refractivity contribution is 0.000320. The van der Waals surface area contributed by atoms with E-state index in [2.05, 4.69) is 68.4 Å². The maximum absolute atomic E-state index is 12.9. The Balaban J connectivity index is 1.82. The van der Waals surface area contributed by atoms with Gasteiger partial charge >= 0.3 is 6.09 Å². The summed E-state index contributed by atoms with van der Waals surface area (Å²) in [6, 6.07) is 10.4. The van der Waals surface area contributed by atoms with E-state index in [1.54, 1.807) is 4.90 Å². The van der Waals surface area contributed by atoms with E-state index >= 15 is 0 Å². The molecule has 0 radical (unpaired) electrons. The lowest BCUT2D eigenvalue weighted by Gasteiger charge is -2.45. The molecule has 1 fully saturated rings. The molecule has 0 N–H and O–H groups in total. The van der Waals surface area contributed by atoms with E-state index in [4.69, 9.17) is 9.16 Å². The molecule has 7 nitrogen and oxygen atoms in total. The molecule has 1 aliphatic heterocycles. The molecule has 8 heteroatoms. The van der Waals surface area contributed by atoms with Crippen LogP contribution >= 0.6 is 0 Å². The van der Waals surface area contributed by atoms with E-state index in [0.717, 1.165) is 25.1 Å². The number of amides is 1. The van der Waals surface area contributed by atoms with Crippen molar-refractivity contribution < 1.29 is 14.0 Å². The Morgan fingerprint density at radius 3 is 2.41 bits per heavy atom. The lowest BCUT2D eigenvalue weighted by Crippen LogP contribution is -2.53. The zero-order valence-corrected chi connectivity index (χ0v) is 23.2. The molecule has 0 unspecified atom stereocenters. The minimum atomic E-state index is -2.08. The Bertz CT molecular complexity index is 947. The number of rotatable bonds is 6. The van der Waals surface area contributed by atoms with Gasteiger partial charge in [0.05, 0.1) is 18.0 Å². The van der Waals surface area contributed by atoms with E-state index in [1.165, 1.54) is 5.56 Å². The predicted molar refractivity (Wildman–Crippen MR) is 137 cm³/mol. The largest absolute Gasteiger partial charge is 0.444 e. The van der Waals surface area contributed by atoms with Crippen molar-refractivity contribution in [1.29, 1.82) is 0 Å². The number of hydrogen-bond acceptors (Lipinski definition) is 5. The maximum Gasteiger partial charge on any atom is 0.410 e. The number of ether oxygens (including phenoxy) is 1. The summed E-state index contributed by atoms with van der Waals surface area (Å²) in [6.45, 7) is 18.9. The molecule has 34 heavy (non-hydrogen) atoms. The summed E-state index contributed by atoms with van der Waals surface area (Å²) in [5.74, 6) is 0.124. The molecule has 0 aliphatic carbocycles. The summed E-state index contributed by atoms with van der Waals surface area (Å²) in [7, 11) is -2.08. The Morgan fingerprint density at radius 1 is 1.12 bits per heavy atom. The highest BCUT2D eigenvalue weighted by atomic mass is 28.4. The van der Waals surface area contributed by atoms with Gasteiger partial charge in [-0.25, -0.2) is 9.48 Å². The van der Waals surface area contributed by atoms with Crippen LogP contribution in [0.5, 0.6) is 0 Å². The van der Waals surface area contributed by atoms with Crippen molar-refractivity contribution in [2.45, 2.75) is 96.7 Å². The van der Waals surface area contributed by atoms with Crippen LogP contribution in [0.1, 0.15) is 65.1 Å². The number of nitrogens with zero attached hydrogens (tertiary/aromatic N) is 4. The minimum Gasteiger partial charge on any atom is -0.444 e. The number of aryl methyl sites for hydroxylation is 2. The van der Waals surface area contributed by atoms with E-state index < -0.39 is 13.9 Å². The Kier molecular flexibility index (Phi) is 7.92. The number of carbonyl (C=O) groups is 1. The van der Waals surface area contributed by atoms with Crippen molar-refractivity contribution in [3.63, 3.8) is 0 Å². The summed E-state index contributed by atoms with van der Waals surface area (Å²) in [5, 5.41) is 8.73. The van der Waals surface area contributed by atoms with E-state index in [9.17, 15) is 4.79 Å². The van der Waals surface area contributed by atoms with Gasteiger partial charge in [0.15, 0.2) is 8.32 Å². The van der Waals surface area contributed by atoms with Crippen molar-refractivity contribution >= 4 is 14.4 Å². The Morgan fingerprint density at radius 2 is 1.79 bits per heavy atom. The number of benzene rings is 1. The maximum atomic E-state index is 12.9. The van der Waals surface area contributed by atoms with Gasteiger partial charge in [-0.05, 0) is 57.3 Å². The van der Waals surface area contributed by atoms with Crippen LogP contribution in [-0.4, -0.2) is 59.1 Å². The van der Waals surface area contributed by atoms with Crippen molar-refractivity contribution in [3.05, 3.63) is 47.8 Å². The highest BCUT2D eigenvalue weighted by Gasteiger charge is 2.44. The van der Waals surface area contributed by atoms with Crippen molar-refractivity contribution in [2.24, 2.45) is 0 Å². The van der Waals surface area contributed by atoms with Crippen molar-refractivity contribution in [3.8, 4) is 0 Å². The van der Waals surface area contributed by atoms with Gasteiger partial charge in [-0.3, -0.25) is 0 Å². The monoisotopic (exact) mass is 486 g/mol. The molecule has 3 rings (SSSR count). The first-order valence-corrected chi connectivity index (χ1v) is 15.3. The molecule has 1 saturated heterocycles. The highest BCUT2D eigenvalue weighted by Crippen LogP contribution is 2.41. The second-order valence-electron chi connectivity index (χ2n) is 11.9. The van der Waals surface area contributed by atoms with Crippen LogP contribution in [0, 0.1) is 0 Å². The normalized spacial score (nSPS) is 19.8. The summed E-state index contributed by atoms with van der Waals surface area (Å²) >= 11 is 0. The number of carbonyl (C=O) groups excluding carboxylic acids is 1. The molecule has 1 aromatic heterocycles. The molecule has 2 heterocycles. The van der Waals surface area contributed by atoms with Gasteiger partial charge in [0.25, 0.3) is 0 Å². The first kappa shape index (κ1) is 26.4.